The lowest BCUT2D eigenvalue weighted by molar-refractivity contribution is 0.0960. The zero-order chi connectivity index (χ0) is 13.2. The number of thiophene rings is 1. The fraction of sp³-hybridized carbons (Fsp3) is 0.444. The molecular weight excluding hydrogens is 262 g/mol. The Morgan fingerprint density at radius 1 is 1.47 bits per heavy atom. The maximum absolute atomic E-state index is 11.7. The molecule has 0 aliphatic rings. The molecule has 0 saturated heterocycles. The standard InChI is InChI=1S/C9H15N3O3S2/c1-4-12-8(13)6-5(10)7(17(3,14)15)9(11-2)16-6/h11H,4,10H2,1-3H3,(H,12,13). The Hall–Kier alpha value is -1.28. The van der Waals surface area contributed by atoms with Crippen LogP contribution in [0.3, 0.4) is 0 Å². The summed E-state index contributed by atoms with van der Waals surface area (Å²) in [6.07, 6.45) is 1.06. The van der Waals surface area contributed by atoms with Crippen LogP contribution in [0.25, 0.3) is 0 Å². The first-order valence-electron chi connectivity index (χ1n) is 4.91. The van der Waals surface area contributed by atoms with E-state index in [1.54, 1.807) is 14.0 Å². The summed E-state index contributed by atoms with van der Waals surface area (Å²) in [5, 5.41) is 5.71. The quantitative estimate of drug-likeness (QED) is 0.745. The molecule has 17 heavy (non-hydrogen) atoms. The van der Waals surface area contributed by atoms with Crippen LogP contribution in [0.4, 0.5) is 10.7 Å². The molecule has 0 spiro atoms. The van der Waals surface area contributed by atoms with Crippen LogP contribution in [0.1, 0.15) is 16.6 Å². The zero-order valence-electron chi connectivity index (χ0n) is 9.83. The Bertz CT molecular complexity index is 534. The SMILES string of the molecule is CCNC(=O)c1sc(NC)c(S(C)(=O)=O)c1N. The van der Waals surface area contributed by atoms with E-state index in [1.165, 1.54) is 0 Å². The molecule has 0 unspecified atom stereocenters. The monoisotopic (exact) mass is 277 g/mol. The highest BCUT2D eigenvalue weighted by Crippen LogP contribution is 2.38. The highest BCUT2D eigenvalue weighted by Gasteiger charge is 2.26. The lowest BCUT2D eigenvalue weighted by Gasteiger charge is -2.02. The molecule has 0 aliphatic carbocycles. The first kappa shape index (κ1) is 13.8. The van der Waals surface area contributed by atoms with Crippen molar-refractivity contribution >= 4 is 37.8 Å². The number of hydrogen-bond acceptors (Lipinski definition) is 6. The largest absolute Gasteiger partial charge is 0.396 e. The first-order valence-corrected chi connectivity index (χ1v) is 7.62. The van der Waals surface area contributed by atoms with Crippen molar-refractivity contribution < 1.29 is 13.2 Å². The van der Waals surface area contributed by atoms with Gasteiger partial charge < -0.3 is 16.4 Å². The molecule has 4 N–H and O–H groups in total. The van der Waals surface area contributed by atoms with Crippen LogP contribution in [0.15, 0.2) is 4.90 Å². The van der Waals surface area contributed by atoms with Gasteiger partial charge in [-0.2, -0.15) is 0 Å². The minimum absolute atomic E-state index is 0.00722. The molecule has 6 nitrogen and oxygen atoms in total. The average Bonchev–Trinajstić information content (AvgIpc) is 2.55. The topological polar surface area (TPSA) is 101 Å². The molecule has 0 atom stereocenters. The predicted molar refractivity (Wildman–Crippen MR) is 69.4 cm³/mol. The fourth-order valence-electron chi connectivity index (χ4n) is 1.37. The van der Waals surface area contributed by atoms with Crippen molar-refractivity contribution in [2.45, 2.75) is 11.8 Å². The van der Waals surface area contributed by atoms with Gasteiger partial charge in [-0.05, 0) is 6.92 Å². The van der Waals surface area contributed by atoms with Crippen LogP contribution in [0.2, 0.25) is 0 Å². The van der Waals surface area contributed by atoms with E-state index in [0.717, 1.165) is 17.6 Å². The normalized spacial score (nSPS) is 11.2. The van der Waals surface area contributed by atoms with Crippen LogP contribution in [0.5, 0.6) is 0 Å². The first-order chi connectivity index (χ1) is 7.82. The van der Waals surface area contributed by atoms with E-state index in [1.807, 2.05) is 0 Å². The molecule has 1 amide bonds. The minimum atomic E-state index is -3.46. The van der Waals surface area contributed by atoms with Gasteiger partial charge in [0.2, 0.25) is 0 Å². The molecule has 0 aliphatic heterocycles. The smallest absolute Gasteiger partial charge is 0.263 e. The third-order valence-electron chi connectivity index (χ3n) is 2.04. The van der Waals surface area contributed by atoms with Crippen LogP contribution in [0, 0.1) is 0 Å². The van der Waals surface area contributed by atoms with Crippen LogP contribution < -0.4 is 16.4 Å². The number of amides is 1. The van der Waals surface area contributed by atoms with E-state index in [9.17, 15) is 13.2 Å². The number of carbonyl (C=O) groups is 1. The Kier molecular flexibility index (Phi) is 3.99. The van der Waals surface area contributed by atoms with Crippen molar-refractivity contribution in [1.82, 2.24) is 5.32 Å². The molecule has 1 rings (SSSR count). The number of nitrogens with one attached hydrogen (secondary N) is 2. The van der Waals surface area contributed by atoms with Gasteiger partial charge in [-0.25, -0.2) is 8.42 Å². The van der Waals surface area contributed by atoms with E-state index in [-0.39, 0.29) is 21.4 Å². The van der Waals surface area contributed by atoms with E-state index in [2.05, 4.69) is 10.6 Å². The molecule has 1 aromatic rings. The lowest BCUT2D eigenvalue weighted by atomic mass is 10.3. The van der Waals surface area contributed by atoms with Crippen molar-refractivity contribution in [1.29, 1.82) is 0 Å². The third-order valence-corrected chi connectivity index (χ3v) is 4.56. The molecular formula is C9H15N3O3S2. The summed E-state index contributed by atoms with van der Waals surface area (Å²) >= 11 is 1.03. The van der Waals surface area contributed by atoms with Crippen molar-refractivity contribution in [2.24, 2.45) is 0 Å². The zero-order valence-corrected chi connectivity index (χ0v) is 11.5. The van der Waals surface area contributed by atoms with Gasteiger partial charge in [0.05, 0.1) is 5.69 Å². The fourth-order valence-corrected chi connectivity index (χ4v) is 3.84. The molecule has 0 saturated carbocycles. The predicted octanol–water partition coefficient (Wildman–Crippen LogP) is 0.525. The molecule has 0 aromatic carbocycles. The Labute approximate surface area is 104 Å². The second-order valence-corrected chi connectivity index (χ2v) is 6.36. The number of nitrogen functional groups attached to an aromatic ring is 1. The molecule has 0 radical (unpaired) electrons. The third kappa shape index (κ3) is 2.70. The van der Waals surface area contributed by atoms with Gasteiger partial charge >= 0.3 is 0 Å². The maximum atomic E-state index is 11.7. The molecule has 1 heterocycles. The number of carbonyl (C=O) groups excluding carboxylic acids is 1. The lowest BCUT2D eigenvalue weighted by Crippen LogP contribution is -2.22. The van der Waals surface area contributed by atoms with Gasteiger partial charge in [0.15, 0.2) is 9.84 Å². The van der Waals surface area contributed by atoms with Gasteiger partial charge in [-0.1, -0.05) is 0 Å². The van der Waals surface area contributed by atoms with Crippen LogP contribution in [-0.4, -0.2) is 34.2 Å². The molecule has 96 valence electrons. The number of nitrogens with two attached hydrogens (primary N) is 1. The summed E-state index contributed by atoms with van der Waals surface area (Å²) in [4.78, 5) is 11.9. The number of hydrogen-bond donors (Lipinski definition) is 3. The second-order valence-electron chi connectivity index (χ2n) is 3.38. The van der Waals surface area contributed by atoms with Gasteiger partial charge in [-0.3, -0.25) is 4.79 Å². The average molecular weight is 277 g/mol. The van der Waals surface area contributed by atoms with Crippen molar-refractivity contribution in [2.75, 3.05) is 30.9 Å². The van der Waals surface area contributed by atoms with Crippen LogP contribution >= 0.6 is 11.3 Å². The second kappa shape index (κ2) is 4.92. The summed E-state index contributed by atoms with van der Waals surface area (Å²) in [6, 6.07) is 0. The summed E-state index contributed by atoms with van der Waals surface area (Å²) < 4.78 is 23.2. The highest BCUT2D eigenvalue weighted by molar-refractivity contribution is 7.91. The van der Waals surface area contributed by atoms with E-state index >= 15 is 0 Å². The van der Waals surface area contributed by atoms with Crippen molar-refractivity contribution in [3.05, 3.63) is 4.88 Å². The van der Waals surface area contributed by atoms with Crippen LogP contribution in [-0.2, 0) is 9.84 Å². The summed E-state index contributed by atoms with van der Waals surface area (Å²) in [6.45, 7) is 2.23. The Balaban J connectivity index is 3.39. The minimum Gasteiger partial charge on any atom is -0.396 e. The van der Waals surface area contributed by atoms with Gasteiger partial charge in [-0.15, -0.1) is 11.3 Å². The van der Waals surface area contributed by atoms with Gasteiger partial charge in [0, 0.05) is 19.8 Å². The Morgan fingerprint density at radius 2 is 2.06 bits per heavy atom. The molecule has 0 bridgehead atoms. The number of anilines is 2. The Morgan fingerprint density at radius 3 is 2.41 bits per heavy atom. The van der Waals surface area contributed by atoms with Crippen molar-refractivity contribution in [3.63, 3.8) is 0 Å². The van der Waals surface area contributed by atoms with Gasteiger partial charge in [0.25, 0.3) is 5.91 Å². The summed E-state index contributed by atoms with van der Waals surface area (Å²) in [5.41, 5.74) is 5.73. The molecule has 0 fully saturated rings. The molecule has 1 aromatic heterocycles. The summed E-state index contributed by atoms with van der Waals surface area (Å²) in [7, 11) is -1.88. The highest BCUT2D eigenvalue weighted by atomic mass is 32.2. The maximum Gasteiger partial charge on any atom is 0.263 e. The van der Waals surface area contributed by atoms with Gasteiger partial charge in [0.1, 0.15) is 14.8 Å². The van der Waals surface area contributed by atoms with E-state index < -0.39 is 9.84 Å². The number of sulfone groups is 1. The number of rotatable bonds is 4. The molecule has 8 heteroatoms. The summed E-state index contributed by atoms with van der Waals surface area (Å²) in [5.74, 6) is -0.360. The van der Waals surface area contributed by atoms with E-state index in [4.69, 9.17) is 5.73 Å². The van der Waals surface area contributed by atoms with E-state index in [0.29, 0.717) is 11.5 Å². The van der Waals surface area contributed by atoms with Crippen molar-refractivity contribution in [3.8, 4) is 0 Å².